The van der Waals surface area contributed by atoms with Crippen LogP contribution < -0.4 is 5.32 Å². The zero-order chi connectivity index (χ0) is 18.0. The van der Waals surface area contributed by atoms with E-state index < -0.39 is 11.7 Å². The first-order valence-corrected chi connectivity index (χ1v) is 7.79. The predicted molar refractivity (Wildman–Crippen MR) is 94.9 cm³/mol. The maximum atomic E-state index is 12.4. The van der Waals surface area contributed by atoms with Gasteiger partial charge in [0.2, 0.25) is 0 Å². The molecule has 25 heavy (non-hydrogen) atoms. The number of benzene rings is 3. The minimum Gasteiger partial charge on any atom is -0.507 e. The minimum atomic E-state index is -1.22. The van der Waals surface area contributed by atoms with Crippen LogP contribution in [0, 0.1) is 6.92 Å². The zero-order valence-corrected chi connectivity index (χ0v) is 13.6. The fourth-order valence-electron chi connectivity index (χ4n) is 2.90. The average Bonchev–Trinajstić information content (AvgIpc) is 2.58. The lowest BCUT2D eigenvalue weighted by Gasteiger charge is -2.10. The number of carbonyl (C=O) groups is 2. The van der Waals surface area contributed by atoms with Crippen molar-refractivity contribution in [1.29, 1.82) is 0 Å². The van der Waals surface area contributed by atoms with Crippen LogP contribution in [0.25, 0.3) is 10.8 Å². The van der Waals surface area contributed by atoms with Crippen molar-refractivity contribution < 1.29 is 19.8 Å². The first-order chi connectivity index (χ1) is 12.0. The summed E-state index contributed by atoms with van der Waals surface area (Å²) in [4.78, 5) is 23.5. The highest BCUT2D eigenvalue weighted by atomic mass is 16.4. The number of carbonyl (C=O) groups excluding carboxylic acids is 1. The van der Waals surface area contributed by atoms with Crippen LogP contribution in [0.1, 0.15) is 31.8 Å². The highest BCUT2D eigenvalue weighted by Gasteiger charge is 2.17. The van der Waals surface area contributed by atoms with Gasteiger partial charge in [-0.15, -0.1) is 0 Å². The minimum absolute atomic E-state index is 0.189. The summed E-state index contributed by atoms with van der Waals surface area (Å²) in [7, 11) is 0. The summed E-state index contributed by atoms with van der Waals surface area (Å²) >= 11 is 0. The van der Waals surface area contributed by atoms with Gasteiger partial charge in [0, 0.05) is 12.1 Å². The Kier molecular flexibility index (Phi) is 4.39. The number of phenols is 1. The van der Waals surface area contributed by atoms with Gasteiger partial charge in [0.15, 0.2) is 0 Å². The number of hydrogen-bond donors (Lipinski definition) is 3. The standard InChI is InChI=1S/C20H17NO4/c1-12-9-15(10-17(22)18(12)20(24)25)19(23)21-11-14-7-4-6-13-5-2-3-8-16(13)14/h2-10,22H,11H2,1H3,(H,21,23)(H,24,25). The molecule has 0 spiro atoms. The number of hydrogen-bond acceptors (Lipinski definition) is 3. The van der Waals surface area contributed by atoms with E-state index >= 15 is 0 Å². The van der Waals surface area contributed by atoms with Crippen LogP contribution in [-0.4, -0.2) is 22.1 Å². The number of aryl methyl sites for hydroxylation is 1. The molecule has 0 aliphatic rings. The van der Waals surface area contributed by atoms with E-state index in [0.717, 1.165) is 16.3 Å². The molecule has 0 saturated carbocycles. The molecule has 3 N–H and O–H groups in total. The number of fused-ring (bicyclic) bond motifs is 1. The van der Waals surface area contributed by atoms with E-state index in [1.54, 1.807) is 6.92 Å². The molecule has 0 bridgehead atoms. The molecule has 3 aromatic carbocycles. The molecule has 5 nitrogen and oxygen atoms in total. The molecule has 5 heteroatoms. The van der Waals surface area contributed by atoms with Gasteiger partial charge in [0.1, 0.15) is 11.3 Å². The monoisotopic (exact) mass is 335 g/mol. The van der Waals surface area contributed by atoms with Gasteiger partial charge in [0.05, 0.1) is 0 Å². The summed E-state index contributed by atoms with van der Waals surface area (Å²) in [6.45, 7) is 1.88. The second kappa shape index (κ2) is 6.65. The molecule has 3 aromatic rings. The highest BCUT2D eigenvalue weighted by Crippen LogP contribution is 2.23. The van der Waals surface area contributed by atoms with Crippen LogP contribution in [0.2, 0.25) is 0 Å². The molecule has 0 heterocycles. The van der Waals surface area contributed by atoms with E-state index in [9.17, 15) is 14.7 Å². The first-order valence-electron chi connectivity index (χ1n) is 7.79. The molecule has 0 aliphatic heterocycles. The second-order valence-electron chi connectivity index (χ2n) is 5.81. The Bertz CT molecular complexity index is 950. The van der Waals surface area contributed by atoms with Crippen LogP contribution in [0.4, 0.5) is 0 Å². The van der Waals surface area contributed by atoms with E-state index in [1.807, 2.05) is 42.5 Å². The Morgan fingerprint density at radius 2 is 1.76 bits per heavy atom. The molecular formula is C20H17NO4. The van der Waals surface area contributed by atoms with E-state index in [-0.39, 0.29) is 17.0 Å². The zero-order valence-electron chi connectivity index (χ0n) is 13.6. The molecule has 0 atom stereocenters. The Labute approximate surface area is 144 Å². The number of nitrogens with one attached hydrogen (secondary N) is 1. The molecule has 0 radical (unpaired) electrons. The van der Waals surface area contributed by atoms with Crippen molar-refractivity contribution in [1.82, 2.24) is 5.32 Å². The van der Waals surface area contributed by atoms with E-state index in [1.165, 1.54) is 12.1 Å². The fraction of sp³-hybridized carbons (Fsp3) is 0.100. The lowest BCUT2D eigenvalue weighted by Crippen LogP contribution is -2.23. The predicted octanol–water partition coefficient (Wildman–Crippen LogP) is 3.48. The normalized spacial score (nSPS) is 10.6. The summed E-state index contributed by atoms with van der Waals surface area (Å²) in [6, 6.07) is 16.4. The van der Waals surface area contributed by atoms with Crippen LogP contribution in [-0.2, 0) is 6.54 Å². The highest BCUT2D eigenvalue weighted by molar-refractivity contribution is 5.99. The maximum absolute atomic E-state index is 12.4. The van der Waals surface area contributed by atoms with Crippen molar-refractivity contribution in [3.05, 3.63) is 76.9 Å². The number of carboxylic acid groups (broad SMARTS) is 1. The average molecular weight is 335 g/mol. The number of aromatic hydroxyl groups is 1. The van der Waals surface area contributed by atoms with Crippen molar-refractivity contribution in [2.24, 2.45) is 0 Å². The summed E-state index contributed by atoms with van der Waals surface area (Å²) in [5, 5.41) is 23.9. The van der Waals surface area contributed by atoms with Crippen molar-refractivity contribution in [2.45, 2.75) is 13.5 Å². The van der Waals surface area contributed by atoms with Crippen molar-refractivity contribution in [2.75, 3.05) is 0 Å². The maximum Gasteiger partial charge on any atom is 0.339 e. The summed E-state index contributed by atoms with van der Waals surface area (Å²) < 4.78 is 0. The van der Waals surface area contributed by atoms with Crippen molar-refractivity contribution in [3.8, 4) is 5.75 Å². The molecule has 3 rings (SSSR count). The molecule has 1 amide bonds. The third-order valence-corrected chi connectivity index (χ3v) is 4.11. The van der Waals surface area contributed by atoms with Gasteiger partial charge in [-0.2, -0.15) is 0 Å². The number of carboxylic acids is 1. The van der Waals surface area contributed by atoms with E-state index in [2.05, 4.69) is 5.32 Å². The Morgan fingerprint density at radius 3 is 2.48 bits per heavy atom. The SMILES string of the molecule is Cc1cc(C(=O)NCc2cccc3ccccc23)cc(O)c1C(=O)O. The molecule has 126 valence electrons. The van der Waals surface area contributed by atoms with Gasteiger partial charge in [-0.05, 0) is 41.0 Å². The third kappa shape index (κ3) is 3.30. The first kappa shape index (κ1) is 16.5. The second-order valence-corrected chi connectivity index (χ2v) is 5.81. The summed E-state index contributed by atoms with van der Waals surface area (Å²) in [5.74, 6) is -2.01. The molecule has 0 saturated heterocycles. The van der Waals surface area contributed by atoms with Gasteiger partial charge in [-0.25, -0.2) is 4.79 Å². The third-order valence-electron chi connectivity index (χ3n) is 4.11. The van der Waals surface area contributed by atoms with E-state index in [4.69, 9.17) is 5.11 Å². The van der Waals surface area contributed by atoms with E-state index in [0.29, 0.717) is 12.1 Å². The van der Waals surface area contributed by atoms with Gasteiger partial charge in [-0.3, -0.25) is 4.79 Å². The largest absolute Gasteiger partial charge is 0.507 e. The van der Waals surface area contributed by atoms with Crippen molar-refractivity contribution in [3.63, 3.8) is 0 Å². The number of aromatic carboxylic acids is 1. The summed E-state index contributed by atoms with van der Waals surface area (Å²) in [6.07, 6.45) is 0. The van der Waals surface area contributed by atoms with Crippen LogP contribution in [0.5, 0.6) is 5.75 Å². The Morgan fingerprint density at radius 1 is 1.04 bits per heavy atom. The van der Waals surface area contributed by atoms with Gasteiger partial charge in [0.25, 0.3) is 5.91 Å². The number of rotatable bonds is 4. The lowest BCUT2D eigenvalue weighted by molar-refractivity contribution is 0.0692. The Balaban J connectivity index is 1.82. The van der Waals surface area contributed by atoms with Crippen LogP contribution >= 0.6 is 0 Å². The quantitative estimate of drug-likeness (QED) is 0.681. The molecule has 0 aliphatic carbocycles. The summed E-state index contributed by atoms with van der Waals surface area (Å²) in [5.41, 5.74) is 1.35. The smallest absolute Gasteiger partial charge is 0.339 e. The van der Waals surface area contributed by atoms with Gasteiger partial charge in [-0.1, -0.05) is 42.5 Å². The molecule has 0 aromatic heterocycles. The molecule has 0 fully saturated rings. The van der Waals surface area contributed by atoms with Gasteiger partial charge >= 0.3 is 5.97 Å². The van der Waals surface area contributed by atoms with Gasteiger partial charge < -0.3 is 15.5 Å². The molecular weight excluding hydrogens is 318 g/mol. The van der Waals surface area contributed by atoms with Crippen LogP contribution in [0.3, 0.4) is 0 Å². The topological polar surface area (TPSA) is 86.6 Å². The fourth-order valence-corrected chi connectivity index (χ4v) is 2.90. The lowest BCUT2D eigenvalue weighted by atomic mass is 10.0. The number of amides is 1. The molecule has 0 unspecified atom stereocenters. The Hall–Kier alpha value is -3.34. The van der Waals surface area contributed by atoms with Crippen LogP contribution in [0.15, 0.2) is 54.6 Å². The van der Waals surface area contributed by atoms with Crippen molar-refractivity contribution >= 4 is 22.6 Å².